The number of aryl methyl sites for hydroxylation is 1. The molecule has 0 radical (unpaired) electrons. The average Bonchev–Trinajstić information content (AvgIpc) is 2.82. The molecule has 0 bridgehead atoms. The molecule has 0 saturated heterocycles. The van der Waals surface area contributed by atoms with Gasteiger partial charge in [0.2, 0.25) is 0 Å². The van der Waals surface area contributed by atoms with Crippen molar-refractivity contribution in [3.63, 3.8) is 0 Å². The second-order valence-electron chi connectivity index (χ2n) is 3.96. The van der Waals surface area contributed by atoms with Crippen LogP contribution in [0.4, 0.5) is 5.69 Å². The Labute approximate surface area is 89.5 Å². The van der Waals surface area contributed by atoms with Crippen LogP contribution < -0.4 is 5.32 Å². The van der Waals surface area contributed by atoms with Gasteiger partial charge in [-0.1, -0.05) is 0 Å². The molecule has 1 N–H and O–H groups in total. The van der Waals surface area contributed by atoms with Gasteiger partial charge in [-0.3, -0.25) is 0 Å². The van der Waals surface area contributed by atoms with Crippen LogP contribution in [0.1, 0.15) is 12.0 Å². The third-order valence-electron chi connectivity index (χ3n) is 2.93. The first-order valence-electron chi connectivity index (χ1n) is 5.44. The summed E-state index contributed by atoms with van der Waals surface area (Å²) in [5.41, 5.74) is 3.99. The lowest BCUT2D eigenvalue weighted by Crippen LogP contribution is -2.11. The fourth-order valence-corrected chi connectivity index (χ4v) is 2.13. The molecule has 2 heteroatoms. The van der Waals surface area contributed by atoms with E-state index in [0.717, 1.165) is 6.54 Å². The number of benzene rings is 1. The van der Waals surface area contributed by atoms with Crippen LogP contribution in [0, 0.1) is 0 Å². The van der Waals surface area contributed by atoms with E-state index in [1.807, 2.05) is 0 Å². The summed E-state index contributed by atoms with van der Waals surface area (Å²) in [6.45, 7) is 1.11. The van der Waals surface area contributed by atoms with Gasteiger partial charge in [0.25, 0.3) is 0 Å². The number of nitrogens with zero attached hydrogens (tertiary/aromatic N) is 1. The number of aromatic nitrogens is 1. The maximum Gasteiger partial charge on any atom is 0.0453 e. The molecular weight excluding hydrogens is 184 g/mol. The second kappa shape index (κ2) is 3.46. The Balaban J connectivity index is 2.04. The van der Waals surface area contributed by atoms with Crippen LogP contribution in [0.5, 0.6) is 0 Å². The van der Waals surface area contributed by atoms with E-state index >= 15 is 0 Å². The van der Waals surface area contributed by atoms with E-state index in [2.05, 4.69) is 52.6 Å². The van der Waals surface area contributed by atoms with Crippen LogP contribution in [-0.2, 0) is 6.42 Å². The minimum Gasteiger partial charge on any atom is -0.385 e. The smallest absolute Gasteiger partial charge is 0.0453 e. The monoisotopic (exact) mass is 198 g/mol. The first-order valence-corrected chi connectivity index (χ1v) is 5.44. The zero-order valence-corrected chi connectivity index (χ0v) is 8.61. The Morgan fingerprint density at radius 2 is 2.00 bits per heavy atom. The number of fused-ring (bicyclic) bond motifs is 1. The molecule has 0 amide bonds. The lowest BCUT2D eigenvalue weighted by Gasteiger charge is -2.18. The highest BCUT2D eigenvalue weighted by Gasteiger charge is 2.08. The predicted molar refractivity (Wildman–Crippen MR) is 62.6 cm³/mol. The summed E-state index contributed by atoms with van der Waals surface area (Å²) in [6, 6.07) is 10.7. The molecule has 15 heavy (non-hydrogen) atoms. The molecule has 0 saturated carbocycles. The minimum atomic E-state index is 1.11. The van der Waals surface area contributed by atoms with E-state index in [4.69, 9.17) is 0 Å². The van der Waals surface area contributed by atoms with Gasteiger partial charge in [-0.25, -0.2) is 0 Å². The normalized spacial score (nSPS) is 14.4. The van der Waals surface area contributed by atoms with Gasteiger partial charge in [0.1, 0.15) is 0 Å². The van der Waals surface area contributed by atoms with Crippen molar-refractivity contribution in [3.05, 3.63) is 48.3 Å². The zero-order valence-electron chi connectivity index (χ0n) is 8.61. The highest BCUT2D eigenvalue weighted by atomic mass is 14.9. The summed E-state index contributed by atoms with van der Waals surface area (Å²) in [6.07, 6.45) is 6.59. The van der Waals surface area contributed by atoms with Crippen LogP contribution in [0.2, 0.25) is 0 Å². The standard InChI is InChI=1S/C13H14N2/c1-2-9-15(8-1)12-5-6-13-11(10-12)4-3-7-14-13/h1-2,5-6,8-10,14H,3-4,7H2. The largest absolute Gasteiger partial charge is 0.385 e. The Kier molecular flexibility index (Phi) is 1.98. The van der Waals surface area contributed by atoms with Gasteiger partial charge in [0.15, 0.2) is 0 Å². The average molecular weight is 198 g/mol. The first-order chi connectivity index (χ1) is 7.43. The Morgan fingerprint density at radius 3 is 2.87 bits per heavy atom. The van der Waals surface area contributed by atoms with Crippen molar-refractivity contribution < 1.29 is 0 Å². The van der Waals surface area contributed by atoms with Crippen molar-refractivity contribution in [1.82, 2.24) is 4.57 Å². The van der Waals surface area contributed by atoms with Crippen LogP contribution in [0.3, 0.4) is 0 Å². The van der Waals surface area contributed by atoms with Gasteiger partial charge >= 0.3 is 0 Å². The molecule has 1 aromatic carbocycles. The highest BCUT2D eigenvalue weighted by molar-refractivity contribution is 5.57. The van der Waals surface area contributed by atoms with Crippen LogP contribution in [0.15, 0.2) is 42.7 Å². The van der Waals surface area contributed by atoms with Gasteiger partial charge < -0.3 is 9.88 Å². The summed E-state index contributed by atoms with van der Waals surface area (Å²) in [5, 5.41) is 3.43. The number of nitrogens with one attached hydrogen (secondary N) is 1. The molecule has 2 heterocycles. The van der Waals surface area contributed by atoms with E-state index < -0.39 is 0 Å². The van der Waals surface area contributed by atoms with Crippen molar-refractivity contribution in [2.24, 2.45) is 0 Å². The van der Waals surface area contributed by atoms with E-state index in [1.165, 1.54) is 29.8 Å². The van der Waals surface area contributed by atoms with Crippen molar-refractivity contribution in [2.75, 3.05) is 11.9 Å². The third kappa shape index (κ3) is 1.52. The SMILES string of the molecule is c1ccn(-c2ccc3c(c2)CCCN3)c1. The Hall–Kier alpha value is -1.70. The molecule has 1 aromatic heterocycles. The summed E-state index contributed by atoms with van der Waals surface area (Å²) < 4.78 is 2.15. The second-order valence-corrected chi connectivity index (χ2v) is 3.96. The number of anilines is 1. The molecular formula is C13H14N2. The molecule has 0 fully saturated rings. The molecule has 1 aliphatic rings. The Morgan fingerprint density at radius 1 is 1.13 bits per heavy atom. The topological polar surface area (TPSA) is 17.0 Å². The molecule has 1 aliphatic heterocycles. The highest BCUT2D eigenvalue weighted by Crippen LogP contribution is 2.24. The maximum atomic E-state index is 3.43. The number of hydrogen-bond donors (Lipinski definition) is 1. The van der Waals surface area contributed by atoms with Crippen molar-refractivity contribution in [2.45, 2.75) is 12.8 Å². The van der Waals surface area contributed by atoms with E-state index in [-0.39, 0.29) is 0 Å². The molecule has 3 rings (SSSR count). The molecule has 0 atom stereocenters. The Bertz CT molecular complexity index is 457. The maximum absolute atomic E-state index is 3.43. The molecule has 0 aliphatic carbocycles. The molecule has 0 spiro atoms. The predicted octanol–water partition coefficient (Wildman–Crippen LogP) is 2.84. The third-order valence-corrected chi connectivity index (χ3v) is 2.93. The zero-order chi connectivity index (χ0) is 10.1. The fourth-order valence-electron chi connectivity index (χ4n) is 2.13. The minimum absolute atomic E-state index is 1.11. The van der Waals surface area contributed by atoms with Crippen LogP contribution in [0.25, 0.3) is 5.69 Å². The fraction of sp³-hybridized carbons (Fsp3) is 0.231. The van der Waals surface area contributed by atoms with Crippen LogP contribution >= 0.6 is 0 Å². The summed E-state index contributed by atoms with van der Waals surface area (Å²) in [5.74, 6) is 0. The van der Waals surface area contributed by atoms with Crippen molar-refractivity contribution in [1.29, 1.82) is 0 Å². The van der Waals surface area contributed by atoms with E-state index in [1.54, 1.807) is 0 Å². The molecule has 76 valence electrons. The van der Waals surface area contributed by atoms with E-state index in [0.29, 0.717) is 0 Å². The van der Waals surface area contributed by atoms with Crippen LogP contribution in [-0.4, -0.2) is 11.1 Å². The summed E-state index contributed by atoms with van der Waals surface area (Å²) in [4.78, 5) is 0. The lowest BCUT2D eigenvalue weighted by atomic mass is 10.0. The van der Waals surface area contributed by atoms with Gasteiger partial charge in [-0.05, 0) is 48.7 Å². The quantitative estimate of drug-likeness (QED) is 0.745. The van der Waals surface area contributed by atoms with Gasteiger partial charge in [0, 0.05) is 30.3 Å². The lowest BCUT2D eigenvalue weighted by molar-refractivity contribution is 0.828. The number of hydrogen-bond acceptors (Lipinski definition) is 1. The van der Waals surface area contributed by atoms with E-state index in [9.17, 15) is 0 Å². The van der Waals surface area contributed by atoms with Crippen molar-refractivity contribution >= 4 is 5.69 Å². The summed E-state index contributed by atoms with van der Waals surface area (Å²) in [7, 11) is 0. The van der Waals surface area contributed by atoms with Gasteiger partial charge in [0.05, 0.1) is 0 Å². The van der Waals surface area contributed by atoms with Gasteiger partial charge in [-0.2, -0.15) is 0 Å². The van der Waals surface area contributed by atoms with Crippen molar-refractivity contribution in [3.8, 4) is 5.69 Å². The molecule has 2 nitrogen and oxygen atoms in total. The number of rotatable bonds is 1. The molecule has 2 aromatic rings. The van der Waals surface area contributed by atoms with Gasteiger partial charge in [-0.15, -0.1) is 0 Å². The first kappa shape index (κ1) is 8.60. The molecule has 0 unspecified atom stereocenters. The summed E-state index contributed by atoms with van der Waals surface area (Å²) >= 11 is 0.